The van der Waals surface area contributed by atoms with Gasteiger partial charge in [0, 0.05) is 24.7 Å². The van der Waals surface area contributed by atoms with Crippen LogP contribution in [0.3, 0.4) is 0 Å². The Hall–Kier alpha value is -1.48. The Morgan fingerprint density at radius 2 is 1.90 bits per heavy atom. The lowest BCUT2D eigenvalue weighted by molar-refractivity contribution is 0.413. The van der Waals surface area contributed by atoms with Gasteiger partial charge in [-0.25, -0.2) is 0 Å². The summed E-state index contributed by atoms with van der Waals surface area (Å²) in [7, 11) is -0.692. The molecule has 21 heavy (non-hydrogen) atoms. The standard InChI is InChI=1S/C12H15ClN4O3S/c1-8(16-21(18,19)17(2)3)11-14-12(20-15-11)9-4-6-10(13)7-5-9/h4-8,16H,1-3H3. The molecule has 0 aliphatic carbocycles. The van der Waals surface area contributed by atoms with Gasteiger partial charge in [-0.15, -0.1) is 0 Å². The zero-order valence-corrected chi connectivity index (χ0v) is 13.3. The van der Waals surface area contributed by atoms with Crippen LogP contribution in [-0.4, -0.2) is 37.0 Å². The summed E-state index contributed by atoms with van der Waals surface area (Å²) in [6.45, 7) is 1.64. The molecule has 114 valence electrons. The van der Waals surface area contributed by atoms with Gasteiger partial charge in [0.25, 0.3) is 16.1 Å². The van der Waals surface area contributed by atoms with Crippen molar-refractivity contribution in [2.24, 2.45) is 0 Å². The van der Waals surface area contributed by atoms with Crippen molar-refractivity contribution < 1.29 is 12.9 Å². The SMILES string of the molecule is CC(NS(=O)(=O)N(C)C)c1noc(-c2ccc(Cl)cc2)n1. The first-order valence-electron chi connectivity index (χ1n) is 6.09. The van der Waals surface area contributed by atoms with Gasteiger partial charge in [-0.1, -0.05) is 16.8 Å². The molecule has 1 heterocycles. The lowest BCUT2D eigenvalue weighted by atomic mass is 10.2. The third-order valence-corrected chi connectivity index (χ3v) is 4.59. The van der Waals surface area contributed by atoms with Crippen LogP contribution in [0.4, 0.5) is 0 Å². The van der Waals surface area contributed by atoms with Crippen LogP contribution in [0.1, 0.15) is 18.8 Å². The Bertz CT molecular complexity index is 712. The van der Waals surface area contributed by atoms with Crippen molar-refractivity contribution in [2.75, 3.05) is 14.1 Å². The molecule has 7 nitrogen and oxygen atoms in total. The molecule has 0 saturated carbocycles. The van der Waals surface area contributed by atoms with E-state index < -0.39 is 16.3 Å². The maximum Gasteiger partial charge on any atom is 0.279 e. The highest BCUT2D eigenvalue weighted by Crippen LogP contribution is 2.21. The summed E-state index contributed by atoms with van der Waals surface area (Å²) in [6.07, 6.45) is 0. The van der Waals surface area contributed by atoms with Crippen molar-refractivity contribution in [2.45, 2.75) is 13.0 Å². The van der Waals surface area contributed by atoms with Crippen molar-refractivity contribution >= 4 is 21.8 Å². The second-order valence-electron chi connectivity index (χ2n) is 4.59. The number of nitrogens with zero attached hydrogens (tertiary/aromatic N) is 3. The maximum atomic E-state index is 11.7. The molecule has 1 N–H and O–H groups in total. The Morgan fingerprint density at radius 1 is 1.29 bits per heavy atom. The summed E-state index contributed by atoms with van der Waals surface area (Å²) in [5.74, 6) is 0.558. The molecule has 1 atom stereocenters. The number of hydrogen-bond acceptors (Lipinski definition) is 5. The lowest BCUT2D eigenvalue weighted by Crippen LogP contribution is -2.37. The molecule has 0 saturated heterocycles. The second-order valence-corrected chi connectivity index (χ2v) is 6.94. The van der Waals surface area contributed by atoms with E-state index in [0.29, 0.717) is 16.5 Å². The van der Waals surface area contributed by atoms with Gasteiger partial charge in [0.2, 0.25) is 0 Å². The van der Waals surface area contributed by atoms with Crippen LogP contribution in [0.15, 0.2) is 28.8 Å². The van der Waals surface area contributed by atoms with Gasteiger partial charge in [-0.3, -0.25) is 0 Å². The van der Waals surface area contributed by atoms with Gasteiger partial charge in [-0.05, 0) is 31.2 Å². The molecule has 9 heteroatoms. The zero-order chi connectivity index (χ0) is 15.6. The molecule has 0 radical (unpaired) electrons. The van der Waals surface area contributed by atoms with Crippen LogP contribution < -0.4 is 4.72 Å². The largest absolute Gasteiger partial charge is 0.334 e. The van der Waals surface area contributed by atoms with Gasteiger partial charge in [0.05, 0.1) is 6.04 Å². The number of benzene rings is 1. The molecule has 0 spiro atoms. The fourth-order valence-electron chi connectivity index (χ4n) is 1.50. The zero-order valence-electron chi connectivity index (χ0n) is 11.7. The number of rotatable bonds is 5. The highest BCUT2D eigenvalue weighted by molar-refractivity contribution is 7.87. The predicted octanol–water partition coefficient (Wildman–Crippen LogP) is 1.85. The second kappa shape index (κ2) is 6.10. The van der Waals surface area contributed by atoms with Crippen LogP contribution in [0.5, 0.6) is 0 Å². The molecule has 0 aliphatic rings. The fraction of sp³-hybridized carbons (Fsp3) is 0.333. The molecule has 1 aromatic heterocycles. The maximum absolute atomic E-state index is 11.7. The van der Waals surface area contributed by atoms with Crippen molar-refractivity contribution in [1.29, 1.82) is 0 Å². The van der Waals surface area contributed by atoms with E-state index in [-0.39, 0.29) is 5.82 Å². The van der Waals surface area contributed by atoms with Crippen molar-refractivity contribution in [3.63, 3.8) is 0 Å². The molecule has 1 aromatic carbocycles. The van der Waals surface area contributed by atoms with Crippen molar-refractivity contribution in [3.8, 4) is 11.5 Å². The average molecular weight is 331 g/mol. The molecule has 1 unspecified atom stereocenters. The first-order valence-corrected chi connectivity index (χ1v) is 7.91. The van der Waals surface area contributed by atoms with E-state index in [1.807, 2.05) is 0 Å². The molecule has 0 amide bonds. The summed E-state index contributed by atoms with van der Waals surface area (Å²) in [6, 6.07) is 6.29. The van der Waals surface area contributed by atoms with E-state index in [1.54, 1.807) is 31.2 Å². The Labute approximate surface area is 128 Å². The highest BCUT2D eigenvalue weighted by atomic mass is 35.5. The fourth-order valence-corrected chi connectivity index (χ4v) is 2.39. The van der Waals surface area contributed by atoms with E-state index in [4.69, 9.17) is 16.1 Å². The normalized spacial score (nSPS) is 13.6. The van der Waals surface area contributed by atoms with Crippen LogP contribution >= 0.6 is 11.6 Å². The summed E-state index contributed by atoms with van der Waals surface area (Å²) in [5, 5.41) is 4.40. The van der Waals surface area contributed by atoms with Gasteiger partial charge >= 0.3 is 0 Å². The first-order chi connectivity index (χ1) is 9.79. The smallest absolute Gasteiger partial charge is 0.279 e. The minimum atomic E-state index is -3.56. The molecular formula is C12H15ClN4O3S. The molecule has 0 aliphatic heterocycles. The third kappa shape index (κ3) is 3.79. The molecule has 0 fully saturated rings. The number of hydrogen-bond donors (Lipinski definition) is 1. The van der Waals surface area contributed by atoms with E-state index >= 15 is 0 Å². The number of halogens is 1. The van der Waals surface area contributed by atoms with Gasteiger partial charge in [0.15, 0.2) is 5.82 Å². The van der Waals surface area contributed by atoms with Crippen LogP contribution in [0.25, 0.3) is 11.5 Å². The topological polar surface area (TPSA) is 88.3 Å². The van der Waals surface area contributed by atoms with Crippen LogP contribution in [-0.2, 0) is 10.2 Å². The summed E-state index contributed by atoms with van der Waals surface area (Å²) >= 11 is 5.81. The van der Waals surface area contributed by atoms with Crippen molar-refractivity contribution in [1.82, 2.24) is 19.2 Å². The molecule has 0 bridgehead atoms. The number of nitrogens with one attached hydrogen (secondary N) is 1. The van der Waals surface area contributed by atoms with E-state index in [9.17, 15) is 8.42 Å². The van der Waals surface area contributed by atoms with E-state index in [2.05, 4.69) is 14.9 Å². The molecule has 2 aromatic rings. The minimum Gasteiger partial charge on any atom is -0.334 e. The molecular weight excluding hydrogens is 316 g/mol. The highest BCUT2D eigenvalue weighted by Gasteiger charge is 2.22. The monoisotopic (exact) mass is 330 g/mol. The molecule has 2 rings (SSSR count). The Kier molecular flexibility index (Phi) is 4.62. The quantitative estimate of drug-likeness (QED) is 0.903. The van der Waals surface area contributed by atoms with Gasteiger partial charge in [-0.2, -0.15) is 22.4 Å². The summed E-state index contributed by atoms with van der Waals surface area (Å²) in [4.78, 5) is 4.19. The van der Waals surface area contributed by atoms with Crippen molar-refractivity contribution in [3.05, 3.63) is 35.1 Å². The Morgan fingerprint density at radius 3 is 2.48 bits per heavy atom. The van der Waals surface area contributed by atoms with Gasteiger partial charge < -0.3 is 4.52 Å². The van der Waals surface area contributed by atoms with Crippen LogP contribution in [0.2, 0.25) is 5.02 Å². The van der Waals surface area contributed by atoms with Gasteiger partial charge in [0.1, 0.15) is 0 Å². The summed E-state index contributed by atoms with van der Waals surface area (Å²) in [5.41, 5.74) is 0.709. The third-order valence-electron chi connectivity index (χ3n) is 2.73. The van der Waals surface area contributed by atoms with E-state index in [1.165, 1.54) is 14.1 Å². The summed E-state index contributed by atoms with van der Waals surface area (Å²) < 4.78 is 32.1. The predicted molar refractivity (Wildman–Crippen MR) is 78.9 cm³/mol. The van der Waals surface area contributed by atoms with Crippen LogP contribution in [0, 0.1) is 0 Å². The van der Waals surface area contributed by atoms with E-state index in [0.717, 1.165) is 4.31 Å². The number of aromatic nitrogens is 2. The lowest BCUT2D eigenvalue weighted by Gasteiger charge is -2.15. The first kappa shape index (κ1) is 15.9. The minimum absolute atomic E-state index is 0.255. The average Bonchev–Trinajstić information content (AvgIpc) is 2.88. The Balaban J connectivity index is 2.18.